The highest BCUT2D eigenvalue weighted by Gasteiger charge is 2.47. The molecule has 1 saturated heterocycles. The molecule has 0 spiro atoms. The minimum absolute atomic E-state index is 0.0133. The molecule has 0 aromatic heterocycles. The molecule has 7 nitrogen and oxygen atoms in total. The van der Waals surface area contributed by atoms with Crippen LogP contribution in [0.15, 0.2) is 42.5 Å². The number of aliphatic hydroxyl groups excluding tert-OH is 3. The minimum Gasteiger partial charge on any atom is -0.462 e. The van der Waals surface area contributed by atoms with Crippen LogP contribution in [-0.4, -0.2) is 51.9 Å². The van der Waals surface area contributed by atoms with Gasteiger partial charge in [0.25, 0.3) is 0 Å². The Hall–Kier alpha value is -2.52. The molecule has 1 unspecified atom stereocenters. The van der Waals surface area contributed by atoms with Gasteiger partial charge in [0, 0.05) is 19.4 Å². The third-order valence-corrected chi connectivity index (χ3v) is 5.97. The minimum atomic E-state index is -1.26. The first kappa shape index (κ1) is 24.1. The summed E-state index contributed by atoms with van der Waals surface area (Å²) >= 11 is 0. The Labute approximate surface area is 186 Å². The van der Waals surface area contributed by atoms with Crippen molar-refractivity contribution in [3.63, 3.8) is 0 Å². The van der Waals surface area contributed by atoms with Gasteiger partial charge in [0.15, 0.2) is 0 Å². The van der Waals surface area contributed by atoms with E-state index in [1.165, 1.54) is 19.1 Å². The number of amides is 1. The van der Waals surface area contributed by atoms with E-state index >= 15 is 0 Å². The molecule has 3 rings (SSSR count). The van der Waals surface area contributed by atoms with Crippen LogP contribution in [0, 0.1) is 11.7 Å². The third kappa shape index (κ3) is 5.27. The number of rotatable bonds is 6. The highest BCUT2D eigenvalue weighted by molar-refractivity contribution is 5.73. The number of carbonyl (C=O) groups excluding carboxylic acids is 1. The number of benzene rings is 2. The van der Waals surface area contributed by atoms with Crippen molar-refractivity contribution < 1.29 is 34.0 Å². The monoisotopic (exact) mass is 447 g/mol. The van der Waals surface area contributed by atoms with E-state index < -0.39 is 36.0 Å². The SMILES string of the molecule is CC(=O)NCC(O)c1ccc(O[C@@H]2OC(C)(C)[C@H](C)[C@@H](O)[C@H]2O)cc1-c1cccc(F)c1. The van der Waals surface area contributed by atoms with Gasteiger partial charge in [-0.05, 0) is 54.8 Å². The molecule has 0 radical (unpaired) electrons. The molecular formula is C24H30FNO6. The van der Waals surface area contributed by atoms with E-state index in [1.807, 2.05) is 13.8 Å². The summed E-state index contributed by atoms with van der Waals surface area (Å²) in [4.78, 5) is 11.2. The van der Waals surface area contributed by atoms with Gasteiger partial charge in [0.1, 0.15) is 17.7 Å². The first-order valence-corrected chi connectivity index (χ1v) is 10.5. The van der Waals surface area contributed by atoms with Gasteiger partial charge < -0.3 is 30.1 Å². The molecule has 174 valence electrons. The molecule has 2 aromatic rings. The highest BCUT2D eigenvalue weighted by Crippen LogP contribution is 2.37. The summed E-state index contributed by atoms with van der Waals surface area (Å²) in [7, 11) is 0. The van der Waals surface area contributed by atoms with E-state index in [2.05, 4.69) is 5.32 Å². The van der Waals surface area contributed by atoms with Crippen molar-refractivity contribution in [2.75, 3.05) is 6.54 Å². The Morgan fingerprint density at radius 3 is 2.59 bits per heavy atom. The normalized spacial score (nSPS) is 25.8. The Kier molecular flexibility index (Phi) is 7.19. The number of hydrogen-bond donors (Lipinski definition) is 4. The summed E-state index contributed by atoms with van der Waals surface area (Å²) in [5.74, 6) is -0.732. The summed E-state index contributed by atoms with van der Waals surface area (Å²) in [6, 6.07) is 10.7. The molecule has 5 atom stereocenters. The van der Waals surface area contributed by atoms with Crippen LogP contribution in [0.2, 0.25) is 0 Å². The van der Waals surface area contributed by atoms with E-state index in [1.54, 1.807) is 37.3 Å². The second-order valence-corrected chi connectivity index (χ2v) is 8.69. The molecule has 0 bridgehead atoms. The molecule has 1 aliphatic rings. The van der Waals surface area contributed by atoms with Crippen LogP contribution in [-0.2, 0) is 9.53 Å². The predicted molar refractivity (Wildman–Crippen MR) is 116 cm³/mol. The Morgan fingerprint density at radius 2 is 1.94 bits per heavy atom. The average molecular weight is 448 g/mol. The molecule has 1 amide bonds. The maximum Gasteiger partial charge on any atom is 0.229 e. The van der Waals surface area contributed by atoms with Crippen LogP contribution in [0.5, 0.6) is 5.75 Å². The predicted octanol–water partition coefficient (Wildman–Crippen LogP) is 2.53. The summed E-state index contributed by atoms with van der Waals surface area (Å²) in [5.41, 5.74) is 0.740. The zero-order chi connectivity index (χ0) is 23.6. The van der Waals surface area contributed by atoms with Gasteiger partial charge >= 0.3 is 0 Å². The van der Waals surface area contributed by atoms with Crippen LogP contribution < -0.4 is 10.1 Å². The maximum atomic E-state index is 13.9. The average Bonchev–Trinajstić information content (AvgIpc) is 2.74. The Balaban J connectivity index is 1.94. The topological polar surface area (TPSA) is 108 Å². The van der Waals surface area contributed by atoms with Crippen molar-refractivity contribution in [2.45, 2.75) is 57.9 Å². The van der Waals surface area contributed by atoms with Crippen molar-refractivity contribution >= 4 is 5.91 Å². The van der Waals surface area contributed by atoms with Gasteiger partial charge in [-0.3, -0.25) is 4.79 Å². The molecule has 8 heteroatoms. The van der Waals surface area contributed by atoms with Gasteiger partial charge in [-0.1, -0.05) is 25.1 Å². The van der Waals surface area contributed by atoms with Gasteiger partial charge in [-0.2, -0.15) is 0 Å². The molecule has 1 fully saturated rings. The second-order valence-electron chi connectivity index (χ2n) is 8.69. The zero-order valence-corrected chi connectivity index (χ0v) is 18.6. The summed E-state index contributed by atoms with van der Waals surface area (Å²) < 4.78 is 25.7. The third-order valence-electron chi connectivity index (χ3n) is 5.97. The van der Waals surface area contributed by atoms with Gasteiger partial charge in [0.2, 0.25) is 12.2 Å². The lowest BCUT2D eigenvalue weighted by atomic mass is 9.82. The molecule has 1 aliphatic heterocycles. The van der Waals surface area contributed by atoms with Gasteiger partial charge in [-0.15, -0.1) is 0 Å². The van der Waals surface area contributed by atoms with Crippen LogP contribution in [0.3, 0.4) is 0 Å². The second kappa shape index (κ2) is 9.54. The lowest BCUT2D eigenvalue weighted by Gasteiger charge is -2.46. The van der Waals surface area contributed by atoms with Gasteiger partial charge in [-0.25, -0.2) is 4.39 Å². The first-order valence-electron chi connectivity index (χ1n) is 10.5. The molecular weight excluding hydrogens is 417 g/mol. The number of ether oxygens (including phenoxy) is 2. The molecule has 1 heterocycles. The van der Waals surface area contributed by atoms with E-state index in [-0.39, 0.29) is 18.4 Å². The van der Waals surface area contributed by atoms with Crippen LogP contribution >= 0.6 is 0 Å². The molecule has 0 aliphatic carbocycles. The zero-order valence-electron chi connectivity index (χ0n) is 18.6. The molecule has 0 saturated carbocycles. The van der Waals surface area contributed by atoms with E-state index in [9.17, 15) is 24.5 Å². The smallest absolute Gasteiger partial charge is 0.229 e. The number of nitrogens with one attached hydrogen (secondary N) is 1. The number of carbonyl (C=O) groups is 1. The lowest BCUT2D eigenvalue weighted by molar-refractivity contribution is -0.284. The maximum absolute atomic E-state index is 13.9. The lowest BCUT2D eigenvalue weighted by Crippen LogP contribution is -2.59. The van der Waals surface area contributed by atoms with Crippen molar-refractivity contribution in [3.8, 4) is 16.9 Å². The van der Waals surface area contributed by atoms with E-state index in [0.717, 1.165) is 0 Å². The molecule has 2 aromatic carbocycles. The van der Waals surface area contributed by atoms with Crippen molar-refractivity contribution in [2.24, 2.45) is 5.92 Å². The quantitative estimate of drug-likeness (QED) is 0.542. The fourth-order valence-corrected chi connectivity index (χ4v) is 3.73. The standard InChI is InChI=1S/C24H30FNO6/c1-13-21(29)22(30)23(32-24(13,3)4)31-17-8-9-18(20(28)12-26-14(2)27)19(11-17)15-6-5-7-16(25)10-15/h5-11,13,20-23,28-30H,12H2,1-4H3,(H,26,27)/t13-,20?,21-,22-,23-/m1/s1. The van der Waals surface area contributed by atoms with Crippen molar-refractivity contribution in [3.05, 3.63) is 53.8 Å². The number of aliphatic hydroxyl groups is 3. The van der Waals surface area contributed by atoms with Crippen molar-refractivity contribution in [1.29, 1.82) is 0 Å². The summed E-state index contributed by atoms with van der Waals surface area (Å²) in [5, 5.41) is 34.0. The first-order chi connectivity index (χ1) is 15.0. The fourth-order valence-electron chi connectivity index (χ4n) is 3.73. The fraction of sp³-hybridized carbons (Fsp3) is 0.458. The van der Waals surface area contributed by atoms with E-state index in [0.29, 0.717) is 22.4 Å². The van der Waals surface area contributed by atoms with Crippen LogP contribution in [0.4, 0.5) is 4.39 Å². The Morgan fingerprint density at radius 1 is 1.22 bits per heavy atom. The van der Waals surface area contributed by atoms with Crippen LogP contribution in [0.25, 0.3) is 11.1 Å². The Bertz CT molecular complexity index is 965. The highest BCUT2D eigenvalue weighted by atomic mass is 19.1. The van der Waals surface area contributed by atoms with Crippen molar-refractivity contribution in [1.82, 2.24) is 5.32 Å². The van der Waals surface area contributed by atoms with E-state index in [4.69, 9.17) is 9.47 Å². The van der Waals surface area contributed by atoms with Gasteiger partial charge in [0.05, 0.1) is 17.8 Å². The summed E-state index contributed by atoms with van der Waals surface area (Å²) in [6.07, 6.45) is -4.46. The van der Waals surface area contributed by atoms with Crippen LogP contribution in [0.1, 0.15) is 39.4 Å². The summed E-state index contributed by atoms with van der Waals surface area (Å²) in [6.45, 7) is 6.74. The number of halogens is 1. The largest absolute Gasteiger partial charge is 0.462 e. The molecule has 4 N–H and O–H groups in total. The molecule has 32 heavy (non-hydrogen) atoms. The number of hydrogen-bond acceptors (Lipinski definition) is 6.